The maximum Gasteiger partial charge on any atom is 0.0589 e. The zero-order valence-electron chi connectivity index (χ0n) is 12.3. The van der Waals surface area contributed by atoms with Crippen LogP contribution in [0.25, 0.3) is 0 Å². The van der Waals surface area contributed by atoms with Crippen LogP contribution < -0.4 is 5.32 Å². The smallest absolute Gasteiger partial charge is 0.0589 e. The lowest BCUT2D eigenvalue weighted by molar-refractivity contribution is 0.0320. The van der Waals surface area contributed by atoms with Crippen LogP contribution >= 0.6 is 0 Å². The first kappa shape index (κ1) is 14.3. The van der Waals surface area contributed by atoms with Gasteiger partial charge in [-0.15, -0.1) is 0 Å². The first-order valence-corrected chi connectivity index (χ1v) is 7.67. The molecule has 0 radical (unpaired) electrons. The molecule has 2 atom stereocenters. The molecule has 0 spiro atoms. The highest BCUT2D eigenvalue weighted by atomic mass is 16.5. The summed E-state index contributed by atoms with van der Waals surface area (Å²) in [6, 6.07) is 1.65. The van der Waals surface area contributed by atoms with E-state index in [2.05, 4.69) is 24.1 Å². The van der Waals surface area contributed by atoms with Crippen molar-refractivity contribution in [2.75, 3.05) is 33.4 Å². The predicted molar refractivity (Wildman–Crippen MR) is 75.8 cm³/mol. The van der Waals surface area contributed by atoms with Gasteiger partial charge >= 0.3 is 0 Å². The predicted octanol–water partition coefficient (Wildman–Crippen LogP) is 2.12. The minimum atomic E-state index is 0.750. The summed E-state index contributed by atoms with van der Waals surface area (Å²) in [5.41, 5.74) is 0. The van der Waals surface area contributed by atoms with Gasteiger partial charge in [-0.3, -0.25) is 4.90 Å². The molecule has 0 aromatic carbocycles. The van der Waals surface area contributed by atoms with Crippen molar-refractivity contribution >= 4 is 0 Å². The fourth-order valence-corrected chi connectivity index (χ4v) is 2.95. The third kappa shape index (κ3) is 4.22. The fourth-order valence-electron chi connectivity index (χ4n) is 2.95. The summed E-state index contributed by atoms with van der Waals surface area (Å²) in [6.45, 7) is 9.04. The van der Waals surface area contributed by atoms with Gasteiger partial charge in [0.1, 0.15) is 0 Å². The molecule has 0 aromatic rings. The van der Waals surface area contributed by atoms with Crippen molar-refractivity contribution in [3.63, 3.8) is 0 Å². The highest BCUT2D eigenvalue weighted by Gasteiger charge is 2.36. The molecule has 2 fully saturated rings. The van der Waals surface area contributed by atoms with E-state index in [1.165, 1.54) is 38.8 Å². The van der Waals surface area contributed by atoms with E-state index >= 15 is 0 Å². The molecule has 2 unspecified atom stereocenters. The van der Waals surface area contributed by atoms with Crippen molar-refractivity contribution in [3.05, 3.63) is 0 Å². The minimum absolute atomic E-state index is 0.750. The number of nitrogens with one attached hydrogen (secondary N) is 1. The zero-order valence-corrected chi connectivity index (χ0v) is 12.3. The highest BCUT2D eigenvalue weighted by Crippen LogP contribution is 2.33. The van der Waals surface area contributed by atoms with E-state index in [1.807, 2.05) is 0 Å². The molecule has 0 saturated heterocycles. The van der Waals surface area contributed by atoms with Gasteiger partial charge in [0.2, 0.25) is 0 Å². The molecule has 0 amide bonds. The van der Waals surface area contributed by atoms with E-state index < -0.39 is 0 Å². The Labute approximate surface area is 112 Å². The highest BCUT2D eigenvalue weighted by molar-refractivity contribution is 4.92. The van der Waals surface area contributed by atoms with Crippen molar-refractivity contribution in [1.82, 2.24) is 10.2 Å². The first-order chi connectivity index (χ1) is 8.70. The lowest BCUT2D eigenvalue weighted by atomic mass is 9.78. The minimum Gasteiger partial charge on any atom is -0.383 e. The molecule has 2 aliphatic rings. The van der Waals surface area contributed by atoms with Gasteiger partial charge < -0.3 is 10.1 Å². The second kappa shape index (κ2) is 6.88. The second-order valence-electron chi connectivity index (χ2n) is 6.47. The summed E-state index contributed by atoms with van der Waals surface area (Å²) in [6.07, 6.45) is 5.59. The molecule has 2 aliphatic carbocycles. The maximum absolute atomic E-state index is 5.26. The monoisotopic (exact) mass is 254 g/mol. The maximum atomic E-state index is 5.26. The summed E-state index contributed by atoms with van der Waals surface area (Å²) in [5.74, 6) is 1.63. The normalized spacial score (nSPS) is 27.8. The standard InChI is InChI=1S/C15H30N2O/c1-12(2)11-17(8-9-18-3)15-7-4-13(15)10-16-14-5-6-14/h12-16H,4-11H2,1-3H3. The van der Waals surface area contributed by atoms with Crippen molar-refractivity contribution < 1.29 is 4.74 Å². The number of methoxy groups -OCH3 is 1. The van der Waals surface area contributed by atoms with Crippen LogP contribution in [0.2, 0.25) is 0 Å². The number of hydrogen-bond acceptors (Lipinski definition) is 3. The van der Waals surface area contributed by atoms with Crippen LogP contribution in [-0.2, 0) is 4.74 Å². The molecular formula is C15H30N2O. The van der Waals surface area contributed by atoms with Crippen molar-refractivity contribution in [2.45, 2.75) is 51.6 Å². The Morgan fingerprint density at radius 1 is 1.22 bits per heavy atom. The number of hydrogen-bond donors (Lipinski definition) is 1. The molecule has 0 aromatic heterocycles. The number of rotatable bonds is 9. The SMILES string of the molecule is COCCN(CC(C)C)C1CCC1CNC1CC1. The van der Waals surface area contributed by atoms with E-state index in [0.29, 0.717) is 0 Å². The van der Waals surface area contributed by atoms with Crippen LogP contribution in [0, 0.1) is 11.8 Å². The largest absolute Gasteiger partial charge is 0.383 e. The van der Waals surface area contributed by atoms with Crippen LogP contribution in [-0.4, -0.2) is 50.3 Å². The van der Waals surface area contributed by atoms with E-state index in [-0.39, 0.29) is 0 Å². The second-order valence-corrected chi connectivity index (χ2v) is 6.47. The Morgan fingerprint density at radius 3 is 2.50 bits per heavy atom. The van der Waals surface area contributed by atoms with Crippen molar-refractivity contribution in [2.24, 2.45) is 11.8 Å². The molecule has 2 rings (SSSR count). The topological polar surface area (TPSA) is 24.5 Å². The van der Waals surface area contributed by atoms with Gasteiger partial charge in [-0.05, 0) is 44.1 Å². The van der Waals surface area contributed by atoms with Gasteiger partial charge in [0.15, 0.2) is 0 Å². The third-order valence-electron chi connectivity index (χ3n) is 4.27. The Balaban J connectivity index is 1.75. The summed E-state index contributed by atoms with van der Waals surface area (Å²) < 4.78 is 5.26. The Kier molecular flexibility index (Phi) is 5.46. The van der Waals surface area contributed by atoms with Gasteiger partial charge in [0.05, 0.1) is 6.61 Å². The molecule has 2 saturated carbocycles. The fraction of sp³-hybridized carbons (Fsp3) is 1.00. The van der Waals surface area contributed by atoms with Crippen molar-refractivity contribution in [3.8, 4) is 0 Å². The Morgan fingerprint density at radius 2 is 2.00 bits per heavy atom. The van der Waals surface area contributed by atoms with Crippen LogP contribution in [0.1, 0.15) is 39.5 Å². The van der Waals surface area contributed by atoms with Crippen molar-refractivity contribution in [1.29, 1.82) is 0 Å². The zero-order chi connectivity index (χ0) is 13.0. The average molecular weight is 254 g/mol. The number of nitrogens with zero attached hydrogens (tertiary/aromatic N) is 1. The quantitative estimate of drug-likeness (QED) is 0.682. The average Bonchev–Trinajstić information content (AvgIpc) is 3.07. The van der Waals surface area contributed by atoms with Crippen LogP contribution in [0.3, 0.4) is 0 Å². The van der Waals surface area contributed by atoms with Gasteiger partial charge in [0.25, 0.3) is 0 Å². The molecule has 106 valence electrons. The van der Waals surface area contributed by atoms with Crippen LogP contribution in [0.15, 0.2) is 0 Å². The lowest BCUT2D eigenvalue weighted by Gasteiger charge is -2.45. The Hall–Kier alpha value is -0.120. The molecule has 3 nitrogen and oxygen atoms in total. The lowest BCUT2D eigenvalue weighted by Crippen LogP contribution is -2.52. The molecular weight excluding hydrogens is 224 g/mol. The van der Waals surface area contributed by atoms with Gasteiger partial charge in [-0.2, -0.15) is 0 Å². The molecule has 3 heteroatoms. The number of ether oxygens (including phenoxy) is 1. The van der Waals surface area contributed by atoms with Gasteiger partial charge in [-0.25, -0.2) is 0 Å². The summed E-state index contributed by atoms with van der Waals surface area (Å²) in [5, 5.41) is 3.69. The first-order valence-electron chi connectivity index (χ1n) is 7.67. The summed E-state index contributed by atoms with van der Waals surface area (Å²) in [4.78, 5) is 2.66. The third-order valence-corrected chi connectivity index (χ3v) is 4.27. The molecule has 1 N–H and O–H groups in total. The van der Waals surface area contributed by atoms with Crippen LogP contribution in [0.5, 0.6) is 0 Å². The van der Waals surface area contributed by atoms with E-state index in [4.69, 9.17) is 4.74 Å². The summed E-state index contributed by atoms with van der Waals surface area (Å²) in [7, 11) is 1.81. The van der Waals surface area contributed by atoms with Crippen LogP contribution in [0.4, 0.5) is 0 Å². The van der Waals surface area contributed by atoms with E-state index in [1.54, 1.807) is 7.11 Å². The van der Waals surface area contributed by atoms with E-state index in [0.717, 1.165) is 37.1 Å². The van der Waals surface area contributed by atoms with E-state index in [9.17, 15) is 0 Å². The molecule has 0 heterocycles. The summed E-state index contributed by atoms with van der Waals surface area (Å²) >= 11 is 0. The van der Waals surface area contributed by atoms with Gasteiger partial charge in [0, 0.05) is 32.3 Å². The molecule has 18 heavy (non-hydrogen) atoms. The molecule has 0 bridgehead atoms. The Bertz CT molecular complexity index is 241. The molecule has 0 aliphatic heterocycles. The van der Waals surface area contributed by atoms with Gasteiger partial charge in [-0.1, -0.05) is 13.8 Å².